The van der Waals surface area contributed by atoms with Crippen LogP contribution in [0.2, 0.25) is 0 Å². The minimum absolute atomic E-state index is 0.0111. The molecule has 0 atom stereocenters. The van der Waals surface area contributed by atoms with Gasteiger partial charge < -0.3 is 16.0 Å². The molecule has 0 heterocycles. The number of carbonyl (C=O) groups excluding carboxylic acids is 3. The number of hydrogen-bond acceptors (Lipinski definition) is 3. The van der Waals surface area contributed by atoms with Crippen molar-refractivity contribution in [2.24, 2.45) is 34.5 Å². The summed E-state index contributed by atoms with van der Waals surface area (Å²) in [6.45, 7) is 15.6. The lowest BCUT2D eigenvalue weighted by molar-refractivity contribution is -0.122. The van der Waals surface area contributed by atoms with Gasteiger partial charge >= 0.3 is 0 Å². The Hall–Kier alpha value is -2.37. The predicted octanol–water partition coefficient (Wildman–Crippen LogP) is 8.01. The molecular weight excluding hydrogens is 474 g/mol. The SMILES string of the molecule is CCCC(=O)Nc1cc(NC(=O)[C@H]2CC[C@@H](C(C)(C)C)CC2)cc(NC(=O)[C@H]2CC[C@@H](C(C)(C)C)CC2)c1. The average Bonchev–Trinajstić information content (AvgIpc) is 2.83. The maximum Gasteiger partial charge on any atom is 0.227 e. The van der Waals surface area contributed by atoms with Gasteiger partial charge in [-0.3, -0.25) is 14.4 Å². The molecule has 0 radical (unpaired) electrons. The van der Waals surface area contributed by atoms with Gasteiger partial charge in [-0.2, -0.15) is 0 Å². The van der Waals surface area contributed by atoms with Crippen LogP contribution in [0.4, 0.5) is 17.1 Å². The Morgan fingerprint density at radius 3 is 1.29 bits per heavy atom. The van der Waals surface area contributed by atoms with Crippen LogP contribution in [0, 0.1) is 34.5 Å². The van der Waals surface area contributed by atoms with Crippen LogP contribution in [0.5, 0.6) is 0 Å². The van der Waals surface area contributed by atoms with E-state index in [1.807, 2.05) is 13.0 Å². The molecule has 2 aliphatic carbocycles. The average molecular weight is 526 g/mol. The lowest BCUT2D eigenvalue weighted by atomic mass is 9.69. The molecule has 212 valence electrons. The summed E-state index contributed by atoms with van der Waals surface area (Å²) in [5, 5.41) is 9.10. The van der Waals surface area contributed by atoms with Crippen molar-refractivity contribution in [1.29, 1.82) is 0 Å². The lowest BCUT2D eigenvalue weighted by Crippen LogP contribution is -2.32. The molecule has 2 fully saturated rings. The fourth-order valence-corrected chi connectivity index (χ4v) is 6.23. The highest BCUT2D eigenvalue weighted by molar-refractivity contribution is 5.98. The van der Waals surface area contributed by atoms with Crippen molar-refractivity contribution < 1.29 is 14.4 Å². The van der Waals surface area contributed by atoms with Crippen LogP contribution >= 0.6 is 0 Å². The van der Waals surface area contributed by atoms with Gasteiger partial charge in [-0.05, 0) is 98.7 Å². The first-order valence-corrected chi connectivity index (χ1v) is 14.8. The van der Waals surface area contributed by atoms with E-state index < -0.39 is 0 Å². The van der Waals surface area contributed by atoms with Gasteiger partial charge in [-0.15, -0.1) is 0 Å². The maximum atomic E-state index is 13.2. The van der Waals surface area contributed by atoms with Crippen molar-refractivity contribution in [3.63, 3.8) is 0 Å². The Balaban J connectivity index is 1.69. The van der Waals surface area contributed by atoms with E-state index in [0.29, 0.717) is 35.3 Å². The Labute approximate surface area is 230 Å². The van der Waals surface area contributed by atoms with Gasteiger partial charge in [-0.1, -0.05) is 48.5 Å². The largest absolute Gasteiger partial charge is 0.326 e. The van der Waals surface area contributed by atoms with Crippen molar-refractivity contribution in [2.45, 2.75) is 113 Å². The molecule has 2 saturated carbocycles. The molecule has 3 rings (SSSR count). The Morgan fingerprint density at radius 1 is 0.632 bits per heavy atom. The third-order valence-electron chi connectivity index (χ3n) is 8.87. The summed E-state index contributed by atoms with van der Waals surface area (Å²) in [5.74, 6) is 1.23. The molecule has 6 nitrogen and oxygen atoms in total. The molecule has 3 N–H and O–H groups in total. The van der Waals surface area contributed by atoms with E-state index in [0.717, 1.165) is 57.8 Å². The van der Waals surface area contributed by atoms with Crippen LogP contribution in [-0.2, 0) is 14.4 Å². The van der Waals surface area contributed by atoms with Crippen LogP contribution < -0.4 is 16.0 Å². The molecule has 0 spiro atoms. The Bertz CT molecular complexity index is 906. The van der Waals surface area contributed by atoms with Gasteiger partial charge in [0.15, 0.2) is 0 Å². The van der Waals surface area contributed by atoms with Gasteiger partial charge in [-0.25, -0.2) is 0 Å². The zero-order valence-electron chi connectivity index (χ0n) is 24.8. The van der Waals surface area contributed by atoms with Gasteiger partial charge in [0.05, 0.1) is 0 Å². The van der Waals surface area contributed by atoms with Crippen LogP contribution in [0.25, 0.3) is 0 Å². The number of amides is 3. The number of nitrogens with one attached hydrogen (secondary N) is 3. The Kier molecular flexibility index (Phi) is 10.0. The number of hydrogen-bond donors (Lipinski definition) is 3. The van der Waals surface area contributed by atoms with E-state index >= 15 is 0 Å². The molecule has 38 heavy (non-hydrogen) atoms. The van der Waals surface area contributed by atoms with E-state index in [1.165, 1.54) is 0 Å². The second kappa shape index (κ2) is 12.7. The summed E-state index contributed by atoms with van der Waals surface area (Å²) in [5.41, 5.74) is 2.34. The van der Waals surface area contributed by atoms with Crippen molar-refractivity contribution in [2.75, 3.05) is 16.0 Å². The molecule has 1 aromatic rings. The summed E-state index contributed by atoms with van der Waals surface area (Å²) in [4.78, 5) is 38.6. The molecule has 0 aliphatic heterocycles. The summed E-state index contributed by atoms with van der Waals surface area (Å²) in [6.07, 6.45) is 8.99. The molecule has 0 bridgehead atoms. The van der Waals surface area contributed by atoms with Crippen molar-refractivity contribution in [3.8, 4) is 0 Å². The highest BCUT2D eigenvalue weighted by atomic mass is 16.2. The fourth-order valence-electron chi connectivity index (χ4n) is 6.23. The first-order valence-electron chi connectivity index (χ1n) is 14.8. The second-order valence-electron chi connectivity index (χ2n) is 13.9. The molecule has 0 aromatic heterocycles. The highest BCUT2D eigenvalue weighted by Gasteiger charge is 2.33. The van der Waals surface area contributed by atoms with Crippen molar-refractivity contribution in [1.82, 2.24) is 0 Å². The first kappa shape index (κ1) is 30.2. The van der Waals surface area contributed by atoms with Gasteiger partial charge in [0, 0.05) is 35.3 Å². The first-order chi connectivity index (χ1) is 17.8. The Morgan fingerprint density at radius 2 is 0.974 bits per heavy atom. The smallest absolute Gasteiger partial charge is 0.227 e. The van der Waals surface area contributed by atoms with E-state index in [-0.39, 0.29) is 40.4 Å². The van der Waals surface area contributed by atoms with Crippen LogP contribution in [0.3, 0.4) is 0 Å². The predicted molar refractivity (Wildman–Crippen MR) is 157 cm³/mol. The molecule has 1 aromatic carbocycles. The van der Waals surface area contributed by atoms with Gasteiger partial charge in [0.1, 0.15) is 0 Å². The van der Waals surface area contributed by atoms with Crippen LogP contribution in [0.15, 0.2) is 18.2 Å². The molecule has 2 aliphatic rings. The number of carbonyl (C=O) groups is 3. The van der Waals surface area contributed by atoms with E-state index in [1.54, 1.807) is 12.1 Å². The third-order valence-corrected chi connectivity index (χ3v) is 8.87. The second-order valence-corrected chi connectivity index (χ2v) is 13.9. The van der Waals surface area contributed by atoms with E-state index in [9.17, 15) is 14.4 Å². The van der Waals surface area contributed by atoms with E-state index in [4.69, 9.17) is 0 Å². The lowest BCUT2D eigenvalue weighted by Gasteiger charge is -2.36. The highest BCUT2D eigenvalue weighted by Crippen LogP contribution is 2.41. The summed E-state index contributed by atoms with van der Waals surface area (Å²) in [6, 6.07) is 5.39. The fraction of sp³-hybridized carbons (Fsp3) is 0.719. The van der Waals surface area contributed by atoms with E-state index in [2.05, 4.69) is 57.5 Å². The van der Waals surface area contributed by atoms with Crippen LogP contribution in [-0.4, -0.2) is 17.7 Å². The normalized spacial score (nSPS) is 24.4. The van der Waals surface area contributed by atoms with Gasteiger partial charge in [0.25, 0.3) is 0 Å². The van der Waals surface area contributed by atoms with Crippen LogP contribution in [0.1, 0.15) is 113 Å². The van der Waals surface area contributed by atoms with Crippen molar-refractivity contribution in [3.05, 3.63) is 18.2 Å². The molecule has 6 heteroatoms. The molecule has 0 saturated heterocycles. The third kappa shape index (κ3) is 8.57. The number of benzene rings is 1. The quantitative estimate of drug-likeness (QED) is 0.337. The molecule has 0 unspecified atom stereocenters. The summed E-state index contributed by atoms with van der Waals surface area (Å²) >= 11 is 0. The minimum atomic E-state index is -0.0748. The molecule has 3 amide bonds. The monoisotopic (exact) mass is 525 g/mol. The topological polar surface area (TPSA) is 87.3 Å². The van der Waals surface area contributed by atoms with Crippen molar-refractivity contribution >= 4 is 34.8 Å². The zero-order chi connectivity index (χ0) is 28.1. The summed E-state index contributed by atoms with van der Waals surface area (Å²) in [7, 11) is 0. The molecular formula is C32H51N3O3. The summed E-state index contributed by atoms with van der Waals surface area (Å²) < 4.78 is 0. The zero-order valence-corrected chi connectivity index (χ0v) is 24.8. The standard InChI is InChI=1S/C32H51N3O3/c1-8-9-28(36)33-25-18-26(34-29(37)21-10-14-23(15-11-21)31(2,3)4)20-27(19-25)35-30(38)22-12-16-24(17-13-22)32(5,6)7/h18-24H,8-17H2,1-7H3,(H,33,36)(H,34,37)(H,35,38)/t21-,22-,23+,24+. The minimum Gasteiger partial charge on any atom is -0.326 e. The maximum absolute atomic E-state index is 13.2. The number of rotatable bonds is 7. The number of anilines is 3. The van der Waals surface area contributed by atoms with Gasteiger partial charge in [0.2, 0.25) is 17.7 Å².